The SMILES string of the molecule is CC(C)(C)OC(=O)N1CCCC2=CC[C@@H]3CC(C=O)=CC[C@]23CCC1. The number of aldehydes is 1. The molecule has 2 atom stereocenters. The predicted molar refractivity (Wildman–Crippen MR) is 98.3 cm³/mol. The summed E-state index contributed by atoms with van der Waals surface area (Å²) in [5.41, 5.74) is 2.33. The Bertz CT molecular complexity index is 599. The number of hydrogen-bond donors (Lipinski definition) is 0. The van der Waals surface area contributed by atoms with E-state index in [0.717, 1.165) is 69.9 Å². The van der Waals surface area contributed by atoms with Crippen LogP contribution in [0.5, 0.6) is 0 Å². The predicted octanol–water partition coefficient (Wildman–Crippen LogP) is 4.65. The second kappa shape index (κ2) is 6.97. The summed E-state index contributed by atoms with van der Waals surface area (Å²) in [6, 6.07) is 0. The van der Waals surface area contributed by atoms with Crippen LogP contribution in [0, 0.1) is 11.3 Å². The van der Waals surface area contributed by atoms with E-state index in [1.54, 1.807) is 5.57 Å². The molecule has 138 valence electrons. The van der Waals surface area contributed by atoms with E-state index in [1.165, 1.54) is 0 Å². The monoisotopic (exact) mass is 345 g/mol. The maximum absolute atomic E-state index is 12.4. The Kier molecular flexibility index (Phi) is 5.08. The van der Waals surface area contributed by atoms with E-state index in [4.69, 9.17) is 4.74 Å². The molecule has 3 aliphatic rings. The average Bonchev–Trinajstić information content (AvgIpc) is 2.91. The molecule has 1 fully saturated rings. The molecule has 3 rings (SSSR count). The molecule has 0 saturated carbocycles. The lowest BCUT2D eigenvalue weighted by molar-refractivity contribution is -0.105. The van der Waals surface area contributed by atoms with Crippen molar-refractivity contribution in [2.24, 2.45) is 11.3 Å². The van der Waals surface area contributed by atoms with Crippen LogP contribution in [0.25, 0.3) is 0 Å². The van der Waals surface area contributed by atoms with Gasteiger partial charge in [-0.3, -0.25) is 4.79 Å². The second-order valence-electron chi connectivity index (χ2n) is 8.80. The Morgan fingerprint density at radius 1 is 1.28 bits per heavy atom. The molecule has 25 heavy (non-hydrogen) atoms. The van der Waals surface area contributed by atoms with Gasteiger partial charge in [0.05, 0.1) is 0 Å². The summed E-state index contributed by atoms with van der Waals surface area (Å²) >= 11 is 0. The third-order valence-corrected chi connectivity index (χ3v) is 6.01. The number of hydrogen-bond acceptors (Lipinski definition) is 3. The van der Waals surface area contributed by atoms with Crippen LogP contribution in [0.2, 0.25) is 0 Å². The van der Waals surface area contributed by atoms with Gasteiger partial charge in [0.1, 0.15) is 11.9 Å². The van der Waals surface area contributed by atoms with E-state index < -0.39 is 5.60 Å². The fourth-order valence-corrected chi connectivity index (χ4v) is 4.81. The molecule has 0 aromatic heterocycles. The van der Waals surface area contributed by atoms with Gasteiger partial charge in [0.25, 0.3) is 0 Å². The van der Waals surface area contributed by atoms with Gasteiger partial charge in [-0.1, -0.05) is 17.7 Å². The Balaban J connectivity index is 1.71. The molecule has 0 aromatic carbocycles. The molecule has 0 N–H and O–H groups in total. The molecule has 0 unspecified atom stereocenters. The number of amides is 1. The minimum absolute atomic E-state index is 0.186. The van der Waals surface area contributed by atoms with Gasteiger partial charge in [-0.15, -0.1) is 0 Å². The Morgan fingerprint density at radius 2 is 2.04 bits per heavy atom. The fraction of sp³-hybridized carbons (Fsp3) is 0.714. The molecule has 1 saturated heterocycles. The number of allylic oxidation sites excluding steroid dienone is 4. The lowest BCUT2D eigenvalue weighted by atomic mass is 9.63. The van der Waals surface area contributed by atoms with Crippen molar-refractivity contribution >= 4 is 12.4 Å². The van der Waals surface area contributed by atoms with Crippen molar-refractivity contribution in [1.29, 1.82) is 0 Å². The Morgan fingerprint density at radius 3 is 2.76 bits per heavy atom. The standard InChI is InChI=1S/C21H31NO3/c1-20(2,3)25-19(24)22-12-4-6-17-7-8-18-14-16(15-23)9-11-21(17,18)10-5-13-22/h7,9,15,18H,4-6,8,10-14H2,1-3H3/t18-,21-/m1/s1. The van der Waals surface area contributed by atoms with Gasteiger partial charge < -0.3 is 9.64 Å². The van der Waals surface area contributed by atoms with Crippen molar-refractivity contribution in [2.45, 2.75) is 71.3 Å². The summed E-state index contributed by atoms with van der Waals surface area (Å²) < 4.78 is 5.57. The number of nitrogens with zero attached hydrogens (tertiary/aromatic N) is 1. The highest BCUT2D eigenvalue weighted by atomic mass is 16.6. The summed E-state index contributed by atoms with van der Waals surface area (Å²) in [6.07, 6.45) is 12.6. The minimum atomic E-state index is -0.447. The first-order valence-corrected chi connectivity index (χ1v) is 9.66. The number of carbonyl (C=O) groups is 2. The summed E-state index contributed by atoms with van der Waals surface area (Å²) in [5.74, 6) is 0.570. The van der Waals surface area contributed by atoms with Crippen molar-refractivity contribution in [2.75, 3.05) is 13.1 Å². The molecule has 4 heteroatoms. The van der Waals surface area contributed by atoms with Crippen LogP contribution >= 0.6 is 0 Å². The Labute approximate surface area is 151 Å². The lowest BCUT2D eigenvalue weighted by Gasteiger charge is -2.41. The van der Waals surface area contributed by atoms with Gasteiger partial charge in [-0.2, -0.15) is 0 Å². The topological polar surface area (TPSA) is 46.6 Å². The maximum atomic E-state index is 12.4. The van der Waals surface area contributed by atoms with Crippen molar-refractivity contribution in [1.82, 2.24) is 4.90 Å². The maximum Gasteiger partial charge on any atom is 0.410 e. The number of ether oxygens (including phenoxy) is 1. The molecule has 4 nitrogen and oxygen atoms in total. The molecule has 0 radical (unpaired) electrons. The largest absolute Gasteiger partial charge is 0.444 e. The molecule has 1 aliphatic heterocycles. The summed E-state index contributed by atoms with van der Waals surface area (Å²) in [7, 11) is 0. The van der Waals surface area contributed by atoms with Gasteiger partial charge >= 0.3 is 6.09 Å². The first kappa shape index (κ1) is 18.2. The summed E-state index contributed by atoms with van der Waals surface area (Å²) in [6.45, 7) is 7.28. The zero-order valence-electron chi connectivity index (χ0n) is 15.8. The minimum Gasteiger partial charge on any atom is -0.444 e. The molecular weight excluding hydrogens is 314 g/mol. The normalized spacial score (nSPS) is 30.0. The van der Waals surface area contributed by atoms with Gasteiger partial charge in [0, 0.05) is 13.1 Å². The first-order chi connectivity index (χ1) is 11.8. The van der Waals surface area contributed by atoms with Gasteiger partial charge in [0.15, 0.2) is 0 Å². The van der Waals surface area contributed by atoms with E-state index in [9.17, 15) is 9.59 Å². The molecule has 1 heterocycles. The van der Waals surface area contributed by atoms with E-state index in [1.807, 2.05) is 25.7 Å². The highest BCUT2D eigenvalue weighted by Gasteiger charge is 2.46. The summed E-state index contributed by atoms with van der Waals surface area (Å²) in [4.78, 5) is 25.5. The second-order valence-corrected chi connectivity index (χ2v) is 8.80. The van der Waals surface area contributed by atoms with Crippen LogP contribution in [-0.4, -0.2) is 36.0 Å². The van der Waals surface area contributed by atoms with Gasteiger partial charge in [-0.25, -0.2) is 4.79 Å². The van der Waals surface area contributed by atoms with E-state index in [2.05, 4.69) is 12.2 Å². The smallest absolute Gasteiger partial charge is 0.410 e. The van der Waals surface area contributed by atoms with Gasteiger partial charge in [0.2, 0.25) is 0 Å². The molecule has 0 bridgehead atoms. The molecular formula is C21H31NO3. The molecule has 2 aliphatic carbocycles. The van der Waals surface area contributed by atoms with Crippen molar-refractivity contribution in [3.8, 4) is 0 Å². The van der Waals surface area contributed by atoms with Crippen LogP contribution in [0.3, 0.4) is 0 Å². The zero-order chi connectivity index (χ0) is 18.1. The first-order valence-electron chi connectivity index (χ1n) is 9.66. The zero-order valence-corrected chi connectivity index (χ0v) is 15.8. The van der Waals surface area contributed by atoms with E-state index in [0.29, 0.717) is 5.92 Å². The number of rotatable bonds is 1. The van der Waals surface area contributed by atoms with Crippen LogP contribution in [0.15, 0.2) is 23.3 Å². The lowest BCUT2D eigenvalue weighted by Crippen LogP contribution is -2.38. The molecule has 1 spiro atoms. The van der Waals surface area contributed by atoms with Crippen molar-refractivity contribution in [3.63, 3.8) is 0 Å². The quantitative estimate of drug-likeness (QED) is 0.513. The third kappa shape index (κ3) is 3.83. The highest BCUT2D eigenvalue weighted by Crippen LogP contribution is 2.56. The van der Waals surface area contributed by atoms with Crippen LogP contribution in [0.4, 0.5) is 4.79 Å². The Hall–Kier alpha value is -1.58. The van der Waals surface area contributed by atoms with Crippen LogP contribution < -0.4 is 0 Å². The van der Waals surface area contributed by atoms with Crippen LogP contribution in [-0.2, 0) is 9.53 Å². The summed E-state index contributed by atoms with van der Waals surface area (Å²) in [5, 5.41) is 0. The third-order valence-electron chi connectivity index (χ3n) is 6.01. The van der Waals surface area contributed by atoms with Gasteiger partial charge in [-0.05, 0) is 82.6 Å². The van der Waals surface area contributed by atoms with Crippen LogP contribution in [0.1, 0.15) is 65.7 Å². The van der Waals surface area contributed by atoms with E-state index >= 15 is 0 Å². The molecule has 1 amide bonds. The van der Waals surface area contributed by atoms with E-state index in [-0.39, 0.29) is 11.5 Å². The molecule has 0 aromatic rings. The van der Waals surface area contributed by atoms with Crippen molar-refractivity contribution < 1.29 is 14.3 Å². The number of carbonyl (C=O) groups excluding carboxylic acids is 2. The average molecular weight is 345 g/mol. The fourth-order valence-electron chi connectivity index (χ4n) is 4.81. The highest BCUT2D eigenvalue weighted by molar-refractivity contribution is 5.73. The van der Waals surface area contributed by atoms with Crippen molar-refractivity contribution in [3.05, 3.63) is 23.3 Å².